The number of carbonyl (C=O) groups excluding carboxylic acids is 3. The topological polar surface area (TPSA) is 69.7 Å². The molecule has 1 aliphatic heterocycles. The van der Waals surface area contributed by atoms with Gasteiger partial charge in [0.05, 0.1) is 0 Å². The van der Waals surface area contributed by atoms with Crippen LogP contribution in [-0.4, -0.2) is 47.3 Å². The molecule has 6 nitrogen and oxygen atoms in total. The van der Waals surface area contributed by atoms with Crippen molar-refractivity contribution in [2.75, 3.05) is 19.6 Å². The van der Waals surface area contributed by atoms with Crippen LogP contribution in [0.4, 0.5) is 4.79 Å². The van der Waals surface area contributed by atoms with Crippen LogP contribution in [0, 0.1) is 11.8 Å². The van der Waals surface area contributed by atoms with Crippen LogP contribution in [0.15, 0.2) is 24.3 Å². The number of imide groups is 1. The summed E-state index contributed by atoms with van der Waals surface area (Å²) in [5.74, 6) is 0.384. The second kappa shape index (κ2) is 10.1. The lowest BCUT2D eigenvalue weighted by Crippen LogP contribution is -2.45. The van der Waals surface area contributed by atoms with Crippen LogP contribution in [0.5, 0.6) is 0 Å². The van der Waals surface area contributed by atoms with Crippen molar-refractivity contribution >= 4 is 17.8 Å². The van der Waals surface area contributed by atoms with Gasteiger partial charge in [-0.3, -0.25) is 14.5 Å². The third-order valence-corrected chi connectivity index (χ3v) is 6.20. The van der Waals surface area contributed by atoms with E-state index in [1.807, 2.05) is 24.3 Å². The Hall–Kier alpha value is -2.37. The third-order valence-electron chi connectivity index (χ3n) is 6.20. The number of hydrogen-bond donors (Lipinski definition) is 1. The van der Waals surface area contributed by atoms with E-state index in [1.54, 1.807) is 11.8 Å². The standard InChI is InChI=1S/C26H41N3O3/c1-18(2)13-15-28(16-14-19(3)4)22(30)17-29-23(31)26(8,27-24(29)32)21-11-9-20(10-12-21)25(5,6)7/h9-12,18-19H,13-17H2,1-8H3,(H,27,32). The summed E-state index contributed by atoms with van der Waals surface area (Å²) < 4.78 is 0. The number of benzene rings is 1. The van der Waals surface area contributed by atoms with E-state index in [9.17, 15) is 14.4 Å². The van der Waals surface area contributed by atoms with Gasteiger partial charge in [0.1, 0.15) is 12.1 Å². The highest BCUT2D eigenvalue weighted by Crippen LogP contribution is 2.31. The van der Waals surface area contributed by atoms with Gasteiger partial charge < -0.3 is 10.2 Å². The van der Waals surface area contributed by atoms with E-state index in [2.05, 4.69) is 53.8 Å². The zero-order valence-electron chi connectivity index (χ0n) is 21.1. The second-order valence-electron chi connectivity index (χ2n) is 11.0. The van der Waals surface area contributed by atoms with Gasteiger partial charge in [-0.05, 0) is 48.1 Å². The Balaban J connectivity index is 2.17. The monoisotopic (exact) mass is 443 g/mol. The van der Waals surface area contributed by atoms with Gasteiger partial charge in [0.2, 0.25) is 5.91 Å². The third kappa shape index (κ3) is 6.11. The summed E-state index contributed by atoms with van der Waals surface area (Å²) in [4.78, 5) is 41.9. The maximum atomic E-state index is 13.3. The molecule has 0 spiro atoms. The summed E-state index contributed by atoms with van der Waals surface area (Å²) in [5.41, 5.74) is 0.694. The first kappa shape index (κ1) is 25.9. The van der Waals surface area contributed by atoms with Gasteiger partial charge in [0.15, 0.2) is 0 Å². The molecule has 0 radical (unpaired) electrons. The first-order valence-corrected chi connectivity index (χ1v) is 11.8. The number of amides is 4. The number of carbonyl (C=O) groups is 3. The summed E-state index contributed by atoms with van der Waals surface area (Å²) in [6, 6.07) is 7.25. The lowest BCUT2D eigenvalue weighted by Gasteiger charge is -2.27. The minimum absolute atomic E-state index is 0.00372. The zero-order valence-corrected chi connectivity index (χ0v) is 21.1. The Kier molecular flexibility index (Phi) is 8.13. The average molecular weight is 444 g/mol. The van der Waals surface area contributed by atoms with E-state index in [4.69, 9.17) is 0 Å². The molecule has 1 heterocycles. The first-order chi connectivity index (χ1) is 14.8. The van der Waals surface area contributed by atoms with E-state index >= 15 is 0 Å². The molecule has 1 N–H and O–H groups in total. The molecule has 32 heavy (non-hydrogen) atoms. The van der Waals surface area contributed by atoms with E-state index in [-0.39, 0.29) is 23.8 Å². The molecule has 178 valence electrons. The Morgan fingerprint density at radius 2 is 1.50 bits per heavy atom. The van der Waals surface area contributed by atoms with E-state index in [0.717, 1.165) is 28.9 Å². The predicted molar refractivity (Wildman–Crippen MR) is 128 cm³/mol. The zero-order chi connectivity index (χ0) is 24.3. The number of urea groups is 1. The molecule has 4 amide bonds. The van der Waals surface area contributed by atoms with Gasteiger partial charge in [-0.2, -0.15) is 0 Å². The van der Waals surface area contributed by atoms with Crippen LogP contribution in [0.25, 0.3) is 0 Å². The lowest BCUT2D eigenvalue weighted by molar-refractivity contribution is -0.139. The average Bonchev–Trinajstić information content (AvgIpc) is 2.91. The number of nitrogens with one attached hydrogen (secondary N) is 1. The maximum Gasteiger partial charge on any atom is 0.325 e. The Morgan fingerprint density at radius 1 is 1.00 bits per heavy atom. The normalized spacial score (nSPS) is 19.1. The van der Waals surface area contributed by atoms with Crippen molar-refractivity contribution in [1.82, 2.24) is 15.1 Å². The fraction of sp³-hybridized carbons (Fsp3) is 0.654. The molecule has 1 atom stereocenters. The molecule has 1 aromatic rings. The van der Waals surface area contributed by atoms with Crippen molar-refractivity contribution in [3.05, 3.63) is 35.4 Å². The highest BCUT2D eigenvalue weighted by molar-refractivity contribution is 6.09. The fourth-order valence-corrected chi connectivity index (χ4v) is 3.76. The van der Waals surface area contributed by atoms with Gasteiger partial charge in [0.25, 0.3) is 5.91 Å². The molecule has 1 aromatic carbocycles. The number of rotatable bonds is 9. The van der Waals surface area contributed by atoms with Crippen LogP contribution >= 0.6 is 0 Å². The molecule has 1 saturated heterocycles. The minimum Gasteiger partial charge on any atom is -0.341 e. The first-order valence-electron chi connectivity index (χ1n) is 11.8. The summed E-state index contributed by atoms with van der Waals surface area (Å²) in [6.07, 6.45) is 1.78. The molecule has 0 aliphatic carbocycles. The summed E-state index contributed by atoms with van der Waals surface area (Å²) in [7, 11) is 0. The Morgan fingerprint density at radius 3 is 1.94 bits per heavy atom. The van der Waals surface area contributed by atoms with Gasteiger partial charge in [0, 0.05) is 13.1 Å². The van der Waals surface area contributed by atoms with Gasteiger partial charge in [-0.25, -0.2) is 4.79 Å². The predicted octanol–water partition coefficient (Wildman–Crippen LogP) is 4.67. The van der Waals surface area contributed by atoms with E-state index in [0.29, 0.717) is 24.9 Å². The molecular weight excluding hydrogens is 402 g/mol. The van der Waals surface area contributed by atoms with Crippen LogP contribution in [-0.2, 0) is 20.5 Å². The summed E-state index contributed by atoms with van der Waals surface area (Å²) >= 11 is 0. The quantitative estimate of drug-likeness (QED) is 0.564. The summed E-state index contributed by atoms with van der Waals surface area (Å²) in [5, 5.41) is 2.82. The van der Waals surface area contributed by atoms with Crippen molar-refractivity contribution in [2.24, 2.45) is 11.8 Å². The van der Waals surface area contributed by atoms with E-state index < -0.39 is 11.6 Å². The molecule has 0 aromatic heterocycles. The molecule has 1 aliphatic rings. The van der Waals surface area contributed by atoms with E-state index in [1.165, 1.54) is 0 Å². The Bertz CT molecular complexity index is 812. The molecule has 2 rings (SSSR count). The van der Waals surface area contributed by atoms with Crippen molar-refractivity contribution in [2.45, 2.75) is 79.2 Å². The van der Waals surface area contributed by atoms with Crippen LogP contribution in [0.2, 0.25) is 0 Å². The van der Waals surface area contributed by atoms with Gasteiger partial charge in [-0.1, -0.05) is 72.7 Å². The van der Waals surface area contributed by atoms with Gasteiger partial charge in [-0.15, -0.1) is 0 Å². The SMILES string of the molecule is CC(C)CCN(CCC(C)C)C(=O)CN1C(=O)NC(C)(c2ccc(C(C)(C)C)cc2)C1=O. The molecule has 6 heteroatoms. The van der Waals surface area contributed by atoms with Crippen molar-refractivity contribution in [3.8, 4) is 0 Å². The van der Waals surface area contributed by atoms with Crippen LogP contribution < -0.4 is 5.32 Å². The highest BCUT2D eigenvalue weighted by Gasteiger charge is 2.49. The summed E-state index contributed by atoms with van der Waals surface area (Å²) in [6.45, 7) is 17.6. The van der Waals surface area contributed by atoms with Crippen molar-refractivity contribution in [3.63, 3.8) is 0 Å². The maximum absolute atomic E-state index is 13.3. The number of hydrogen-bond acceptors (Lipinski definition) is 3. The lowest BCUT2D eigenvalue weighted by atomic mass is 9.84. The smallest absolute Gasteiger partial charge is 0.325 e. The Labute approximate surface area is 193 Å². The van der Waals surface area contributed by atoms with Gasteiger partial charge >= 0.3 is 6.03 Å². The fourth-order valence-electron chi connectivity index (χ4n) is 3.76. The molecular formula is C26H41N3O3. The number of nitrogens with zero attached hydrogens (tertiary/aromatic N) is 2. The molecule has 0 bridgehead atoms. The largest absolute Gasteiger partial charge is 0.341 e. The molecule has 0 saturated carbocycles. The van der Waals surface area contributed by atoms with Crippen LogP contribution in [0.1, 0.15) is 79.4 Å². The van der Waals surface area contributed by atoms with Crippen LogP contribution in [0.3, 0.4) is 0 Å². The molecule has 1 unspecified atom stereocenters. The van der Waals surface area contributed by atoms with Crippen molar-refractivity contribution < 1.29 is 14.4 Å². The van der Waals surface area contributed by atoms with Crippen molar-refractivity contribution in [1.29, 1.82) is 0 Å². The minimum atomic E-state index is -1.17. The highest BCUT2D eigenvalue weighted by atomic mass is 16.2. The second-order valence-corrected chi connectivity index (χ2v) is 11.0. The molecule has 1 fully saturated rings.